The van der Waals surface area contributed by atoms with E-state index in [0.717, 1.165) is 24.2 Å². The molecule has 7 nitrogen and oxygen atoms in total. The minimum atomic E-state index is -0.376. The van der Waals surface area contributed by atoms with Crippen molar-refractivity contribution in [3.63, 3.8) is 0 Å². The molecule has 0 fully saturated rings. The minimum absolute atomic E-state index is 0.108. The van der Waals surface area contributed by atoms with E-state index in [0.29, 0.717) is 17.9 Å². The highest BCUT2D eigenvalue weighted by atomic mass is 19.1. The van der Waals surface area contributed by atoms with Crippen molar-refractivity contribution in [2.45, 2.75) is 32.9 Å². The monoisotopic (exact) mass is 359 g/mol. The van der Waals surface area contributed by atoms with E-state index in [1.165, 1.54) is 29.2 Å². The normalized spacial score (nSPS) is 13.4. The van der Waals surface area contributed by atoms with Crippen LogP contribution in [-0.2, 0) is 17.8 Å². The standard InChI is InChI=1S/C18H22FN5O2/c1-11(2)24(10-16(25)21-13-5-3-12(19)4-6-13)18(26)17-14-9-20-8-7-15(14)22-23-17/h3-6,11,20H,7-10H2,1-2H3,(H,21,25)(H,22,23). The van der Waals surface area contributed by atoms with Gasteiger partial charge in [-0.25, -0.2) is 4.39 Å². The third-order valence-electron chi connectivity index (χ3n) is 4.34. The highest BCUT2D eigenvalue weighted by molar-refractivity contribution is 5.99. The van der Waals surface area contributed by atoms with Crippen LogP contribution in [0.2, 0.25) is 0 Å². The van der Waals surface area contributed by atoms with Crippen LogP contribution in [0.3, 0.4) is 0 Å². The van der Waals surface area contributed by atoms with Gasteiger partial charge in [-0.05, 0) is 38.1 Å². The second-order valence-electron chi connectivity index (χ2n) is 6.54. The highest BCUT2D eigenvalue weighted by Gasteiger charge is 2.28. The Hall–Kier alpha value is -2.74. The van der Waals surface area contributed by atoms with Gasteiger partial charge in [0.1, 0.15) is 12.4 Å². The molecule has 1 aromatic heterocycles. The zero-order valence-corrected chi connectivity index (χ0v) is 14.8. The molecule has 1 aromatic carbocycles. The number of hydrogen-bond donors (Lipinski definition) is 3. The van der Waals surface area contributed by atoms with E-state index in [1.54, 1.807) is 0 Å². The molecule has 3 rings (SSSR count). The van der Waals surface area contributed by atoms with Crippen LogP contribution < -0.4 is 10.6 Å². The van der Waals surface area contributed by atoms with Gasteiger partial charge in [-0.15, -0.1) is 0 Å². The summed E-state index contributed by atoms with van der Waals surface area (Å²) in [6, 6.07) is 5.31. The van der Waals surface area contributed by atoms with Crippen LogP contribution in [0.15, 0.2) is 24.3 Å². The third kappa shape index (κ3) is 3.91. The third-order valence-corrected chi connectivity index (χ3v) is 4.34. The van der Waals surface area contributed by atoms with Gasteiger partial charge in [-0.2, -0.15) is 5.10 Å². The zero-order valence-electron chi connectivity index (χ0n) is 14.8. The number of aromatic nitrogens is 2. The van der Waals surface area contributed by atoms with Gasteiger partial charge in [-0.3, -0.25) is 14.7 Å². The summed E-state index contributed by atoms with van der Waals surface area (Å²) >= 11 is 0. The van der Waals surface area contributed by atoms with E-state index >= 15 is 0 Å². The fourth-order valence-electron chi connectivity index (χ4n) is 2.92. The summed E-state index contributed by atoms with van der Waals surface area (Å²) in [5.41, 5.74) is 2.67. The molecule has 3 N–H and O–H groups in total. The van der Waals surface area contributed by atoms with E-state index in [1.807, 2.05) is 13.8 Å². The molecule has 0 bridgehead atoms. The Morgan fingerprint density at radius 2 is 2.04 bits per heavy atom. The van der Waals surface area contributed by atoms with E-state index in [2.05, 4.69) is 20.8 Å². The number of benzene rings is 1. The lowest BCUT2D eigenvalue weighted by Gasteiger charge is -2.26. The molecule has 2 heterocycles. The van der Waals surface area contributed by atoms with E-state index in [-0.39, 0.29) is 30.2 Å². The van der Waals surface area contributed by atoms with Crippen molar-refractivity contribution in [2.75, 3.05) is 18.4 Å². The van der Waals surface area contributed by atoms with Crippen molar-refractivity contribution in [1.82, 2.24) is 20.4 Å². The summed E-state index contributed by atoms with van der Waals surface area (Å²) in [6.07, 6.45) is 0.794. The Bertz CT molecular complexity index is 800. The van der Waals surface area contributed by atoms with Gasteiger partial charge in [0.05, 0.1) is 0 Å². The molecule has 0 saturated carbocycles. The summed E-state index contributed by atoms with van der Waals surface area (Å²) in [6.45, 7) is 5.02. The molecule has 0 atom stereocenters. The summed E-state index contributed by atoms with van der Waals surface area (Å²) in [5, 5.41) is 13.0. The molecule has 8 heteroatoms. The Labute approximate surface area is 151 Å². The van der Waals surface area contributed by atoms with Gasteiger partial charge in [0.25, 0.3) is 5.91 Å². The summed E-state index contributed by atoms with van der Waals surface area (Å²) in [4.78, 5) is 26.7. The molecule has 0 radical (unpaired) electrons. The number of nitrogens with one attached hydrogen (secondary N) is 3. The number of amides is 2. The predicted octanol–water partition coefficient (Wildman–Crippen LogP) is 1.68. The lowest BCUT2D eigenvalue weighted by atomic mass is 10.1. The van der Waals surface area contributed by atoms with Crippen LogP contribution in [0.1, 0.15) is 35.6 Å². The first-order valence-electron chi connectivity index (χ1n) is 8.59. The molecular formula is C18H22FN5O2. The zero-order chi connectivity index (χ0) is 18.7. The van der Waals surface area contributed by atoms with Crippen LogP contribution in [0.5, 0.6) is 0 Å². The maximum Gasteiger partial charge on any atom is 0.275 e. The predicted molar refractivity (Wildman–Crippen MR) is 95.2 cm³/mol. The quantitative estimate of drug-likeness (QED) is 0.758. The summed E-state index contributed by atoms with van der Waals surface area (Å²) < 4.78 is 13.0. The lowest BCUT2D eigenvalue weighted by molar-refractivity contribution is -0.117. The minimum Gasteiger partial charge on any atom is -0.325 e. The van der Waals surface area contributed by atoms with Gasteiger partial charge < -0.3 is 15.5 Å². The number of carbonyl (C=O) groups excluding carboxylic acids is 2. The summed E-state index contributed by atoms with van der Waals surface area (Å²) in [7, 11) is 0. The largest absolute Gasteiger partial charge is 0.325 e. The number of fused-ring (bicyclic) bond motifs is 1. The highest BCUT2D eigenvalue weighted by Crippen LogP contribution is 2.18. The Balaban J connectivity index is 1.72. The van der Waals surface area contributed by atoms with Gasteiger partial charge in [0.2, 0.25) is 5.91 Å². The van der Waals surface area contributed by atoms with E-state index < -0.39 is 0 Å². The number of halogens is 1. The Kier molecular flexibility index (Phi) is 5.32. The number of nitrogens with zero attached hydrogens (tertiary/aromatic N) is 2. The molecule has 2 aromatic rings. The first-order chi connectivity index (χ1) is 12.5. The maximum absolute atomic E-state index is 13.0. The molecule has 1 aliphatic rings. The Morgan fingerprint density at radius 1 is 1.31 bits per heavy atom. The fourth-order valence-corrected chi connectivity index (χ4v) is 2.92. The van der Waals surface area contributed by atoms with Gasteiger partial charge >= 0.3 is 0 Å². The average Bonchev–Trinajstić information content (AvgIpc) is 3.05. The van der Waals surface area contributed by atoms with Crippen molar-refractivity contribution in [2.24, 2.45) is 0 Å². The number of H-pyrrole nitrogens is 1. The molecule has 26 heavy (non-hydrogen) atoms. The average molecular weight is 359 g/mol. The van der Waals surface area contributed by atoms with Crippen molar-refractivity contribution in [3.05, 3.63) is 47.0 Å². The molecule has 0 unspecified atom stereocenters. The molecule has 2 amide bonds. The second kappa shape index (κ2) is 7.65. The van der Waals surface area contributed by atoms with Gasteiger partial charge in [0, 0.05) is 42.5 Å². The first kappa shape index (κ1) is 18.1. The Morgan fingerprint density at radius 3 is 2.73 bits per heavy atom. The van der Waals surface area contributed by atoms with Crippen LogP contribution >= 0.6 is 0 Å². The number of anilines is 1. The van der Waals surface area contributed by atoms with Crippen LogP contribution in [0, 0.1) is 5.82 Å². The topological polar surface area (TPSA) is 90.1 Å². The molecule has 0 saturated heterocycles. The summed E-state index contributed by atoms with van der Waals surface area (Å²) in [5.74, 6) is -1.00. The number of rotatable bonds is 5. The van der Waals surface area contributed by atoms with E-state index in [9.17, 15) is 14.0 Å². The SMILES string of the molecule is CC(C)N(CC(=O)Nc1ccc(F)cc1)C(=O)c1n[nH]c2c1CNCC2. The van der Waals surface area contributed by atoms with Gasteiger partial charge in [-0.1, -0.05) is 0 Å². The van der Waals surface area contributed by atoms with Crippen LogP contribution in [0.25, 0.3) is 0 Å². The molecule has 1 aliphatic heterocycles. The second-order valence-corrected chi connectivity index (χ2v) is 6.54. The molecule has 0 aliphatic carbocycles. The number of carbonyl (C=O) groups is 2. The van der Waals surface area contributed by atoms with E-state index in [4.69, 9.17) is 0 Å². The smallest absolute Gasteiger partial charge is 0.275 e. The fraction of sp³-hybridized carbons (Fsp3) is 0.389. The molecule has 138 valence electrons. The molecular weight excluding hydrogens is 337 g/mol. The van der Waals surface area contributed by atoms with Gasteiger partial charge in [0.15, 0.2) is 5.69 Å². The van der Waals surface area contributed by atoms with Crippen molar-refractivity contribution in [3.8, 4) is 0 Å². The van der Waals surface area contributed by atoms with Crippen LogP contribution in [0.4, 0.5) is 10.1 Å². The van der Waals surface area contributed by atoms with Crippen molar-refractivity contribution in [1.29, 1.82) is 0 Å². The lowest BCUT2D eigenvalue weighted by Crippen LogP contribution is -2.43. The van der Waals surface area contributed by atoms with Crippen LogP contribution in [-0.4, -0.2) is 46.0 Å². The maximum atomic E-state index is 13.0. The van der Waals surface area contributed by atoms with Crippen molar-refractivity contribution < 1.29 is 14.0 Å². The molecule has 0 spiro atoms. The first-order valence-corrected chi connectivity index (χ1v) is 8.59. The van der Waals surface area contributed by atoms with Crippen molar-refractivity contribution >= 4 is 17.5 Å². The number of aromatic amines is 1. The number of hydrogen-bond acceptors (Lipinski definition) is 4.